The Morgan fingerprint density at radius 3 is 2.38 bits per heavy atom. The molecule has 24 heavy (non-hydrogen) atoms. The van der Waals surface area contributed by atoms with E-state index in [9.17, 15) is 14.4 Å². The van der Waals surface area contributed by atoms with Crippen LogP contribution in [0.5, 0.6) is 0 Å². The van der Waals surface area contributed by atoms with Gasteiger partial charge in [0, 0.05) is 44.3 Å². The first-order chi connectivity index (χ1) is 11.3. The third-order valence-corrected chi connectivity index (χ3v) is 4.65. The zero-order chi connectivity index (χ0) is 17.6. The normalized spacial score (nSPS) is 14.0. The first-order valence-electron chi connectivity index (χ1n) is 7.32. The van der Waals surface area contributed by atoms with Crippen molar-refractivity contribution < 1.29 is 4.79 Å². The van der Waals surface area contributed by atoms with Gasteiger partial charge in [0.1, 0.15) is 5.56 Å². The minimum Gasteiger partial charge on any atom is -0.299 e. The molecule has 0 amide bonds. The van der Waals surface area contributed by atoms with E-state index in [1.807, 2.05) is 4.90 Å². The maximum Gasteiger partial charge on any atom is 0.330 e. The zero-order valence-corrected chi connectivity index (χ0v) is 14.7. The van der Waals surface area contributed by atoms with E-state index in [1.54, 1.807) is 7.05 Å². The molecule has 1 aliphatic heterocycles. The van der Waals surface area contributed by atoms with E-state index >= 15 is 0 Å². The Balaban J connectivity index is 2.23. The lowest BCUT2D eigenvalue weighted by molar-refractivity contribution is 0.103. The van der Waals surface area contributed by atoms with E-state index in [0.717, 1.165) is 17.7 Å². The van der Waals surface area contributed by atoms with E-state index in [1.165, 1.54) is 29.8 Å². The van der Waals surface area contributed by atoms with Crippen molar-refractivity contribution >= 4 is 29.0 Å². The molecule has 0 N–H and O–H groups in total. The van der Waals surface area contributed by atoms with Crippen LogP contribution >= 0.6 is 23.2 Å². The van der Waals surface area contributed by atoms with Crippen molar-refractivity contribution in [2.45, 2.75) is 6.54 Å². The summed E-state index contributed by atoms with van der Waals surface area (Å²) in [7, 11) is 2.91. The number of ketones is 1. The molecular formula is C16H15Cl2N3O3. The number of carbonyl (C=O) groups excluding carboxylic acids is 1. The maximum absolute atomic E-state index is 13.0. The molecule has 1 aromatic heterocycles. The molecule has 0 radical (unpaired) electrons. The van der Waals surface area contributed by atoms with Crippen LogP contribution in [-0.4, -0.2) is 32.9 Å². The molecule has 3 rings (SSSR count). The largest absolute Gasteiger partial charge is 0.330 e. The van der Waals surface area contributed by atoms with Gasteiger partial charge < -0.3 is 0 Å². The van der Waals surface area contributed by atoms with Crippen molar-refractivity contribution in [2.24, 2.45) is 14.1 Å². The Labute approximate surface area is 147 Å². The first-order valence-corrected chi connectivity index (χ1v) is 8.08. The van der Waals surface area contributed by atoms with Gasteiger partial charge in [-0.2, -0.15) is 0 Å². The highest BCUT2D eigenvalue weighted by atomic mass is 35.5. The van der Waals surface area contributed by atoms with Gasteiger partial charge in [-0.05, 0) is 18.2 Å². The molecule has 0 aliphatic carbocycles. The van der Waals surface area contributed by atoms with Crippen LogP contribution in [0, 0.1) is 0 Å². The molecule has 1 saturated heterocycles. The van der Waals surface area contributed by atoms with Gasteiger partial charge in [0.2, 0.25) is 5.78 Å². The second kappa shape index (κ2) is 6.20. The van der Waals surface area contributed by atoms with Crippen LogP contribution in [0.2, 0.25) is 10.0 Å². The molecule has 126 valence electrons. The van der Waals surface area contributed by atoms with E-state index in [0.29, 0.717) is 17.3 Å². The molecule has 0 unspecified atom stereocenters. The highest BCUT2D eigenvalue weighted by molar-refractivity contribution is 6.37. The summed E-state index contributed by atoms with van der Waals surface area (Å²) in [6, 6.07) is 4.47. The summed E-state index contributed by atoms with van der Waals surface area (Å²) in [5.41, 5.74) is -0.530. The van der Waals surface area contributed by atoms with E-state index in [2.05, 4.69) is 0 Å². The van der Waals surface area contributed by atoms with Crippen LogP contribution in [0.25, 0.3) is 0 Å². The molecule has 8 heteroatoms. The number of aromatic nitrogens is 2. The molecule has 2 aromatic rings. The van der Waals surface area contributed by atoms with Crippen LogP contribution in [-0.2, 0) is 20.6 Å². The van der Waals surface area contributed by atoms with Crippen molar-refractivity contribution in [1.82, 2.24) is 14.0 Å². The third-order valence-electron chi connectivity index (χ3n) is 4.10. The predicted molar refractivity (Wildman–Crippen MR) is 92.1 cm³/mol. The van der Waals surface area contributed by atoms with Gasteiger partial charge in [0.25, 0.3) is 5.56 Å². The number of benzene rings is 1. The summed E-state index contributed by atoms with van der Waals surface area (Å²) in [5.74, 6) is -0.510. The van der Waals surface area contributed by atoms with Gasteiger partial charge in [0.05, 0.1) is 10.7 Å². The molecule has 0 saturated carbocycles. The average Bonchev–Trinajstić information content (AvgIpc) is 3.34. The number of nitrogens with zero attached hydrogens (tertiary/aromatic N) is 3. The summed E-state index contributed by atoms with van der Waals surface area (Å²) in [6.07, 6.45) is 0. The molecule has 1 aliphatic rings. The Hall–Kier alpha value is -1.89. The lowest BCUT2D eigenvalue weighted by Gasteiger charge is -2.15. The molecule has 0 spiro atoms. The summed E-state index contributed by atoms with van der Waals surface area (Å²) in [4.78, 5) is 39.8. The molecular weight excluding hydrogens is 353 g/mol. The topological polar surface area (TPSA) is 64.1 Å². The fraction of sp³-hybridized carbons (Fsp3) is 0.312. The SMILES string of the molecule is Cn1c(CN2CC2)c(C(=O)c2ccc(Cl)cc2Cl)c(=O)n(C)c1=O. The summed E-state index contributed by atoms with van der Waals surface area (Å²) in [6.45, 7) is 2.12. The second-order valence-electron chi connectivity index (χ2n) is 5.76. The van der Waals surface area contributed by atoms with Crippen molar-refractivity contribution in [3.63, 3.8) is 0 Å². The fourth-order valence-electron chi connectivity index (χ4n) is 2.55. The van der Waals surface area contributed by atoms with Crippen molar-refractivity contribution in [2.75, 3.05) is 13.1 Å². The minimum atomic E-state index is -0.619. The minimum absolute atomic E-state index is 0.0317. The monoisotopic (exact) mass is 367 g/mol. The summed E-state index contributed by atoms with van der Waals surface area (Å²) >= 11 is 12.0. The Morgan fingerprint density at radius 1 is 1.12 bits per heavy atom. The number of carbonyl (C=O) groups is 1. The number of hydrogen-bond donors (Lipinski definition) is 0. The lowest BCUT2D eigenvalue weighted by atomic mass is 10.0. The van der Waals surface area contributed by atoms with Crippen molar-refractivity contribution in [3.8, 4) is 0 Å². The third kappa shape index (κ3) is 2.92. The van der Waals surface area contributed by atoms with E-state index in [4.69, 9.17) is 23.2 Å². The molecule has 1 fully saturated rings. The fourth-order valence-corrected chi connectivity index (χ4v) is 3.04. The summed E-state index contributed by atoms with van der Waals surface area (Å²) < 4.78 is 2.28. The number of rotatable bonds is 4. The predicted octanol–water partition coefficient (Wildman–Crippen LogP) is 1.44. The average molecular weight is 368 g/mol. The second-order valence-corrected chi connectivity index (χ2v) is 6.60. The van der Waals surface area contributed by atoms with Crippen LogP contribution in [0.4, 0.5) is 0 Å². The molecule has 1 aromatic carbocycles. The van der Waals surface area contributed by atoms with Gasteiger partial charge in [-0.15, -0.1) is 0 Å². The smallest absolute Gasteiger partial charge is 0.299 e. The van der Waals surface area contributed by atoms with Gasteiger partial charge in [0.15, 0.2) is 0 Å². The first kappa shape index (κ1) is 17.0. The maximum atomic E-state index is 13.0. The van der Waals surface area contributed by atoms with Crippen LogP contribution in [0.1, 0.15) is 21.6 Å². The van der Waals surface area contributed by atoms with Gasteiger partial charge >= 0.3 is 5.69 Å². The Kier molecular flexibility index (Phi) is 4.38. The number of halogens is 2. The summed E-state index contributed by atoms with van der Waals surface area (Å²) in [5, 5.41) is 0.565. The molecule has 0 atom stereocenters. The van der Waals surface area contributed by atoms with Crippen LogP contribution in [0.3, 0.4) is 0 Å². The highest BCUT2D eigenvalue weighted by Gasteiger charge is 2.28. The lowest BCUT2D eigenvalue weighted by Crippen LogP contribution is -2.43. The van der Waals surface area contributed by atoms with E-state index < -0.39 is 17.0 Å². The molecule has 0 bridgehead atoms. The van der Waals surface area contributed by atoms with Gasteiger partial charge in [-0.25, -0.2) is 4.79 Å². The van der Waals surface area contributed by atoms with Gasteiger partial charge in [-0.1, -0.05) is 23.2 Å². The Morgan fingerprint density at radius 2 is 1.79 bits per heavy atom. The van der Waals surface area contributed by atoms with E-state index in [-0.39, 0.29) is 16.1 Å². The standard InChI is InChI=1S/C16H15Cl2N3O3/c1-19-12(8-21-5-6-21)13(15(23)20(2)16(19)24)14(22)10-4-3-9(17)7-11(10)18/h3-4,7H,5-6,8H2,1-2H3. The van der Waals surface area contributed by atoms with Crippen LogP contribution < -0.4 is 11.2 Å². The quantitative estimate of drug-likeness (QED) is 0.605. The van der Waals surface area contributed by atoms with Gasteiger partial charge in [-0.3, -0.25) is 23.6 Å². The highest BCUT2D eigenvalue weighted by Crippen LogP contribution is 2.24. The number of hydrogen-bond acceptors (Lipinski definition) is 4. The molecule has 6 nitrogen and oxygen atoms in total. The zero-order valence-electron chi connectivity index (χ0n) is 13.2. The molecule has 2 heterocycles. The van der Waals surface area contributed by atoms with Crippen molar-refractivity contribution in [3.05, 3.63) is 65.9 Å². The van der Waals surface area contributed by atoms with Crippen molar-refractivity contribution in [1.29, 1.82) is 0 Å². The Bertz CT molecular complexity index is 958. The van der Waals surface area contributed by atoms with Crippen LogP contribution in [0.15, 0.2) is 27.8 Å².